The molecule has 28 heavy (non-hydrogen) atoms. The van der Waals surface area contributed by atoms with Crippen molar-refractivity contribution in [1.82, 2.24) is 5.32 Å². The van der Waals surface area contributed by atoms with Gasteiger partial charge in [-0.25, -0.2) is 0 Å². The molecule has 0 radical (unpaired) electrons. The van der Waals surface area contributed by atoms with E-state index in [0.717, 1.165) is 18.4 Å². The molecule has 7 nitrogen and oxygen atoms in total. The molecule has 1 aliphatic rings. The minimum Gasteiger partial charge on any atom is -0.341 e. The van der Waals surface area contributed by atoms with Crippen molar-refractivity contribution in [2.45, 2.75) is 45.1 Å². The van der Waals surface area contributed by atoms with Gasteiger partial charge >= 0.3 is 11.8 Å². The first-order valence-corrected chi connectivity index (χ1v) is 9.46. The molecule has 0 saturated heterocycles. The molecule has 1 aliphatic carbocycles. The lowest BCUT2D eigenvalue weighted by Gasteiger charge is -2.21. The van der Waals surface area contributed by atoms with E-state index in [4.69, 9.17) is 0 Å². The van der Waals surface area contributed by atoms with Crippen LogP contribution in [0.15, 0.2) is 42.5 Å². The van der Waals surface area contributed by atoms with Crippen molar-refractivity contribution in [3.63, 3.8) is 0 Å². The van der Waals surface area contributed by atoms with Gasteiger partial charge in [0.25, 0.3) is 5.69 Å². The molecule has 1 unspecified atom stereocenters. The Morgan fingerprint density at radius 3 is 2.54 bits per heavy atom. The van der Waals surface area contributed by atoms with Crippen LogP contribution in [0.3, 0.4) is 0 Å². The number of hydrogen-bond acceptors (Lipinski definition) is 4. The molecular formula is C21H23N3O4. The van der Waals surface area contributed by atoms with E-state index in [1.54, 1.807) is 0 Å². The van der Waals surface area contributed by atoms with Gasteiger partial charge in [-0.05, 0) is 54.9 Å². The lowest BCUT2D eigenvalue weighted by Crippen LogP contribution is -2.37. The molecule has 0 spiro atoms. The lowest BCUT2D eigenvalue weighted by molar-refractivity contribution is -0.384. The summed E-state index contributed by atoms with van der Waals surface area (Å²) in [4.78, 5) is 34.8. The fourth-order valence-electron chi connectivity index (χ4n) is 3.50. The number of carbonyl (C=O) groups is 2. The predicted octanol–water partition coefficient (Wildman–Crippen LogP) is 3.68. The minimum absolute atomic E-state index is 0.154. The molecule has 0 fully saturated rings. The van der Waals surface area contributed by atoms with Gasteiger partial charge in [-0.15, -0.1) is 0 Å². The first kappa shape index (κ1) is 19.5. The van der Waals surface area contributed by atoms with Gasteiger partial charge in [-0.2, -0.15) is 0 Å². The molecule has 7 heteroatoms. The fourth-order valence-corrected chi connectivity index (χ4v) is 3.50. The Labute approximate surface area is 163 Å². The molecule has 1 atom stereocenters. The number of nitrogens with one attached hydrogen (secondary N) is 2. The van der Waals surface area contributed by atoms with Gasteiger partial charge in [0, 0.05) is 17.8 Å². The lowest BCUT2D eigenvalue weighted by atomic mass is 9.89. The van der Waals surface area contributed by atoms with Crippen molar-refractivity contribution < 1.29 is 14.5 Å². The van der Waals surface area contributed by atoms with E-state index in [9.17, 15) is 19.7 Å². The van der Waals surface area contributed by atoms with Crippen molar-refractivity contribution in [2.24, 2.45) is 0 Å². The average molecular weight is 381 g/mol. The number of amides is 2. The number of carbonyl (C=O) groups excluding carboxylic acids is 2. The summed E-state index contributed by atoms with van der Waals surface area (Å²) < 4.78 is 0. The van der Waals surface area contributed by atoms with Crippen molar-refractivity contribution in [2.75, 3.05) is 5.32 Å². The second-order valence-electron chi connectivity index (χ2n) is 6.93. The van der Waals surface area contributed by atoms with Gasteiger partial charge < -0.3 is 10.6 Å². The fraction of sp³-hybridized carbons (Fsp3) is 0.333. The van der Waals surface area contributed by atoms with E-state index in [0.29, 0.717) is 6.42 Å². The molecule has 2 aromatic carbocycles. The number of nitro groups is 1. The van der Waals surface area contributed by atoms with Gasteiger partial charge in [0.2, 0.25) is 0 Å². The topological polar surface area (TPSA) is 101 Å². The third-order valence-electron chi connectivity index (χ3n) is 5.01. The Morgan fingerprint density at radius 2 is 1.82 bits per heavy atom. The number of nitrogens with zero attached hydrogens (tertiary/aromatic N) is 1. The van der Waals surface area contributed by atoms with Crippen LogP contribution in [-0.2, 0) is 22.4 Å². The number of non-ortho nitro benzene ring substituents is 1. The summed E-state index contributed by atoms with van der Waals surface area (Å²) in [6.45, 7) is 1.95. The maximum absolute atomic E-state index is 12.3. The standard InChI is InChI=1S/C21H23N3O4/c1-2-19(16-11-10-14-6-3-4-7-15(14)12-16)23-21(26)20(25)22-17-8-5-9-18(13-17)24(27)28/h5,8-13,19H,2-4,6-7H2,1H3,(H,22,25)(H,23,26). The van der Waals surface area contributed by atoms with Crippen LogP contribution in [0.1, 0.15) is 48.9 Å². The zero-order valence-corrected chi connectivity index (χ0v) is 15.7. The van der Waals surface area contributed by atoms with Crippen molar-refractivity contribution >= 4 is 23.2 Å². The summed E-state index contributed by atoms with van der Waals surface area (Å²) in [5.74, 6) is -1.62. The minimum atomic E-state index is -0.850. The Morgan fingerprint density at radius 1 is 1.07 bits per heavy atom. The van der Waals surface area contributed by atoms with E-state index in [-0.39, 0.29) is 17.4 Å². The molecule has 2 amide bonds. The number of nitro benzene ring substituents is 1. The predicted molar refractivity (Wildman–Crippen MR) is 106 cm³/mol. The maximum Gasteiger partial charge on any atom is 0.313 e. The molecule has 146 valence electrons. The monoisotopic (exact) mass is 381 g/mol. The third-order valence-corrected chi connectivity index (χ3v) is 5.01. The van der Waals surface area contributed by atoms with Gasteiger partial charge in [-0.3, -0.25) is 19.7 Å². The highest BCUT2D eigenvalue weighted by Crippen LogP contribution is 2.26. The molecule has 0 aliphatic heterocycles. The molecule has 0 saturated carbocycles. The first-order valence-electron chi connectivity index (χ1n) is 9.46. The van der Waals surface area contributed by atoms with Crippen LogP contribution in [0.25, 0.3) is 0 Å². The number of benzene rings is 2. The number of aryl methyl sites for hydroxylation is 2. The summed E-state index contributed by atoms with van der Waals surface area (Å²) in [5.41, 5.74) is 3.71. The zero-order chi connectivity index (χ0) is 20.1. The van der Waals surface area contributed by atoms with Crippen LogP contribution in [0.2, 0.25) is 0 Å². The Kier molecular flexibility index (Phi) is 6.03. The van der Waals surface area contributed by atoms with Crippen LogP contribution in [-0.4, -0.2) is 16.7 Å². The summed E-state index contributed by atoms with van der Waals surface area (Å²) >= 11 is 0. The summed E-state index contributed by atoms with van der Waals surface area (Å²) in [6, 6.07) is 11.5. The molecule has 2 aromatic rings. The van der Waals surface area contributed by atoms with Crippen LogP contribution in [0.4, 0.5) is 11.4 Å². The van der Waals surface area contributed by atoms with Crippen molar-refractivity contribution in [3.05, 3.63) is 69.3 Å². The SMILES string of the molecule is CCC(NC(=O)C(=O)Nc1cccc([N+](=O)[O-])c1)c1ccc2c(c1)CCCC2. The maximum atomic E-state index is 12.3. The number of hydrogen-bond donors (Lipinski definition) is 2. The van der Waals surface area contributed by atoms with Crippen LogP contribution in [0, 0.1) is 10.1 Å². The second-order valence-corrected chi connectivity index (χ2v) is 6.93. The molecule has 0 bridgehead atoms. The Hall–Kier alpha value is -3.22. The first-order chi connectivity index (χ1) is 13.5. The second kappa shape index (κ2) is 8.65. The smallest absolute Gasteiger partial charge is 0.313 e. The summed E-state index contributed by atoms with van der Waals surface area (Å²) in [6.07, 6.45) is 5.16. The number of anilines is 1. The Bertz CT molecular complexity index is 910. The number of rotatable bonds is 5. The average Bonchev–Trinajstić information content (AvgIpc) is 2.71. The van der Waals surface area contributed by atoms with Crippen LogP contribution in [0.5, 0.6) is 0 Å². The highest BCUT2D eigenvalue weighted by Gasteiger charge is 2.21. The van der Waals surface area contributed by atoms with Crippen LogP contribution < -0.4 is 10.6 Å². The number of fused-ring (bicyclic) bond motifs is 1. The quantitative estimate of drug-likeness (QED) is 0.469. The molecule has 0 aromatic heterocycles. The van der Waals surface area contributed by atoms with Crippen molar-refractivity contribution in [1.29, 1.82) is 0 Å². The van der Waals surface area contributed by atoms with Crippen molar-refractivity contribution in [3.8, 4) is 0 Å². The van der Waals surface area contributed by atoms with Gasteiger partial charge in [-0.1, -0.05) is 31.2 Å². The van der Waals surface area contributed by atoms with Gasteiger partial charge in [0.15, 0.2) is 0 Å². The highest BCUT2D eigenvalue weighted by molar-refractivity contribution is 6.39. The van der Waals surface area contributed by atoms with E-state index in [2.05, 4.69) is 22.8 Å². The Balaban J connectivity index is 1.67. The largest absolute Gasteiger partial charge is 0.341 e. The van der Waals surface area contributed by atoms with Crippen LogP contribution >= 0.6 is 0 Å². The van der Waals surface area contributed by atoms with E-state index in [1.807, 2.05) is 13.0 Å². The van der Waals surface area contributed by atoms with Gasteiger partial charge in [0.05, 0.1) is 11.0 Å². The highest BCUT2D eigenvalue weighted by atomic mass is 16.6. The van der Waals surface area contributed by atoms with E-state index >= 15 is 0 Å². The molecule has 0 heterocycles. The molecule has 2 N–H and O–H groups in total. The molecule has 3 rings (SSSR count). The van der Waals surface area contributed by atoms with E-state index in [1.165, 1.54) is 48.2 Å². The molecular weight excluding hydrogens is 358 g/mol. The van der Waals surface area contributed by atoms with Gasteiger partial charge in [0.1, 0.15) is 0 Å². The third kappa shape index (κ3) is 4.54. The van der Waals surface area contributed by atoms with E-state index < -0.39 is 16.7 Å². The normalized spacial score (nSPS) is 13.9. The summed E-state index contributed by atoms with van der Waals surface area (Å²) in [7, 11) is 0. The zero-order valence-electron chi connectivity index (χ0n) is 15.7. The summed E-state index contributed by atoms with van der Waals surface area (Å²) in [5, 5.41) is 16.0.